The molecule has 0 bridgehead atoms. The van der Waals surface area contributed by atoms with E-state index in [4.69, 9.17) is 10.8 Å². The number of halogens is 2. The summed E-state index contributed by atoms with van der Waals surface area (Å²) in [5.74, 6) is -2.55. The van der Waals surface area contributed by atoms with Gasteiger partial charge in [-0.3, -0.25) is 0 Å². The lowest BCUT2D eigenvalue weighted by Gasteiger charge is -2.21. The van der Waals surface area contributed by atoms with E-state index < -0.39 is 17.3 Å². The van der Waals surface area contributed by atoms with Crippen molar-refractivity contribution in [2.24, 2.45) is 0 Å². The van der Waals surface area contributed by atoms with Gasteiger partial charge in [0.1, 0.15) is 11.6 Å². The lowest BCUT2D eigenvalue weighted by atomic mass is 10.1. The number of carboxylic acid groups (broad SMARTS) is 1. The van der Waals surface area contributed by atoms with Crippen molar-refractivity contribution in [2.45, 2.75) is 6.54 Å². The summed E-state index contributed by atoms with van der Waals surface area (Å²) in [5.41, 5.74) is 6.67. The van der Waals surface area contributed by atoms with Crippen LogP contribution in [0, 0.1) is 11.6 Å². The van der Waals surface area contributed by atoms with Gasteiger partial charge in [-0.1, -0.05) is 12.1 Å². The summed E-state index contributed by atoms with van der Waals surface area (Å²) >= 11 is 0. The van der Waals surface area contributed by atoms with Gasteiger partial charge in [-0.2, -0.15) is 0 Å². The maximum Gasteiger partial charge on any atom is 0.338 e. The average Bonchev–Trinajstić information content (AvgIpc) is 2.43. The molecule has 0 spiro atoms. The standard InChI is InChI=1S/C15H14F2N2O2/c1-19(8-9-2-4-10(16)5-3-9)14-7-12(17)11(15(20)21)6-13(14)18/h2-7H,8,18H2,1H3,(H,20,21). The monoisotopic (exact) mass is 292 g/mol. The lowest BCUT2D eigenvalue weighted by molar-refractivity contribution is 0.0692. The Kier molecular flexibility index (Phi) is 4.07. The molecule has 0 heterocycles. The van der Waals surface area contributed by atoms with Gasteiger partial charge in [-0.25, -0.2) is 13.6 Å². The molecule has 0 aromatic heterocycles. The molecule has 0 saturated carbocycles. The second-order valence-electron chi connectivity index (χ2n) is 4.68. The first-order chi connectivity index (χ1) is 9.88. The Morgan fingerprint density at radius 1 is 1.24 bits per heavy atom. The summed E-state index contributed by atoms with van der Waals surface area (Å²) in [7, 11) is 1.69. The smallest absolute Gasteiger partial charge is 0.338 e. The van der Waals surface area contributed by atoms with E-state index in [1.54, 1.807) is 24.1 Å². The van der Waals surface area contributed by atoms with Crippen LogP contribution in [0.2, 0.25) is 0 Å². The molecular weight excluding hydrogens is 278 g/mol. The highest BCUT2D eigenvalue weighted by Crippen LogP contribution is 2.27. The van der Waals surface area contributed by atoms with E-state index in [-0.39, 0.29) is 11.5 Å². The quantitative estimate of drug-likeness (QED) is 0.850. The summed E-state index contributed by atoms with van der Waals surface area (Å²) in [6.07, 6.45) is 0. The molecule has 2 rings (SSSR count). The van der Waals surface area contributed by atoms with Crippen LogP contribution in [0.25, 0.3) is 0 Å². The molecular formula is C15H14F2N2O2. The first-order valence-corrected chi connectivity index (χ1v) is 6.16. The fourth-order valence-electron chi connectivity index (χ4n) is 2.02. The molecule has 0 amide bonds. The third-order valence-corrected chi connectivity index (χ3v) is 3.09. The van der Waals surface area contributed by atoms with E-state index in [0.717, 1.165) is 17.7 Å². The van der Waals surface area contributed by atoms with Gasteiger partial charge >= 0.3 is 5.97 Å². The van der Waals surface area contributed by atoms with Crippen molar-refractivity contribution in [3.63, 3.8) is 0 Å². The Labute approximate surface area is 120 Å². The SMILES string of the molecule is CN(Cc1ccc(F)cc1)c1cc(F)c(C(=O)O)cc1N. The Bertz CT molecular complexity index is 672. The van der Waals surface area contributed by atoms with Crippen LogP contribution < -0.4 is 10.6 Å². The zero-order valence-electron chi connectivity index (χ0n) is 11.3. The van der Waals surface area contributed by atoms with Gasteiger partial charge in [0, 0.05) is 19.7 Å². The topological polar surface area (TPSA) is 66.6 Å². The Morgan fingerprint density at radius 3 is 2.43 bits per heavy atom. The van der Waals surface area contributed by atoms with E-state index in [2.05, 4.69) is 0 Å². The Balaban J connectivity index is 2.27. The minimum atomic E-state index is -1.37. The van der Waals surface area contributed by atoms with E-state index in [1.165, 1.54) is 12.1 Å². The van der Waals surface area contributed by atoms with Crippen molar-refractivity contribution in [1.29, 1.82) is 0 Å². The first kappa shape index (κ1) is 14.8. The molecule has 6 heteroatoms. The Hall–Kier alpha value is -2.63. The van der Waals surface area contributed by atoms with Crippen LogP contribution in [0.1, 0.15) is 15.9 Å². The number of rotatable bonds is 4. The third kappa shape index (κ3) is 3.28. The molecule has 2 aromatic carbocycles. The van der Waals surface area contributed by atoms with Gasteiger partial charge in [0.25, 0.3) is 0 Å². The molecule has 21 heavy (non-hydrogen) atoms. The molecule has 3 N–H and O–H groups in total. The van der Waals surface area contributed by atoms with Crippen molar-refractivity contribution >= 4 is 17.3 Å². The van der Waals surface area contributed by atoms with Crippen LogP contribution in [0.3, 0.4) is 0 Å². The highest BCUT2D eigenvalue weighted by Gasteiger charge is 2.16. The summed E-state index contributed by atoms with van der Waals surface area (Å²) in [6.45, 7) is 0.385. The zero-order chi connectivity index (χ0) is 15.6. The van der Waals surface area contributed by atoms with E-state index in [9.17, 15) is 13.6 Å². The van der Waals surface area contributed by atoms with Gasteiger partial charge in [-0.15, -0.1) is 0 Å². The molecule has 0 aliphatic rings. The number of aromatic carboxylic acids is 1. The fourth-order valence-corrected chi connectivity index (χ4v) is 2.02. The number of hydrogen-bond donors (Lipinski definition) is 2. The first-order valence-electron chi connectivity index (χ1n) is 6.16. The Morgan fingerprint density at radius 2 is 1.86 bits per heavy atom. The number of nitrogen functional groups attached to an aromatic ring is 1. The van der Waals surface area contributed by atoms with Crippen LogP contribution in [0.15, 0.2) is 36.4 Å². The lowest BCUT2D eigenvalue weighted by Crippen LogP contribution is -2.18. The van der Waals surface area contributed by atoms with E-state index in [1.807, 2.05) is 0 Å². The molecule has 0 aliphatic carbocycles. The predicted molar refractivity (Wildman–Crippen MR) is 76.3 cm³/mol. The number of benzene rings is 2. The second-order valence-corrected chi connectivity index (χ2v) is 4.68. The van der Waals surface area contributed by atoms with Crippen LogP contribution in [0.4, 0.5) is 20.2 Å². The molecule has 0 aliphatic heterocycles. The van der Waals surface area contributed by atoms with Crippen LogP contribution in [-0.2, 0) is 6.54 Å². The normalized spacial score (nSPS) is 10.4. The largest absolute Gasteiger partial charge is 0.478 e. The van der Waals surface area contributed by atoms with Gasteiger partial charge in [0.2, 0.25) is 0 Å². The third-order valence-electron chi connectivity index (χ3n) is 3.09. The average molecular weight is 292 g/mol. The van der Waals surface area contributed by atoms with Crippen molar-refractivity contribution in [3.05, 3.63) is 59.2 Å². The van der Waals surface area contributed by atoms with Crippen molar-refractivity contribution in [2.75, 3.05) is 17.7 Å². The molecule has 0 saturated heterocycles. The molecule has 0 radical (unpaired) electrons. The summed E-state index contributed by atoms with van der Waals surface area (Å²) < 4.78 is 26.6. The minimum Gasteiger partial charge on any atom is -0.478 e. The van der Waals surface area contributed by atoms with E-state index in [0.29, 0.717) is 12.2 Å². The van der Waals surface area contributed by atoms with Gasteiger partial charge in [0.15, 0.2) is 0 Å². The van der Waals surface area contributed by atoms with Crippen molar-refractivity contribution in [1.82, 2.24) is 0 Å². The van der Waals surface area contributed by atoms with Gasteiger partial charge in [-0.05, 0) is 23.8 Å². The molecule has 0 atom stereocenters. The van der Waals surface area contributed by atoms with Gasteiger partial charge < -0.3 is 15.7 Å². The summed E-state index contributed by atoms with van der Waals surface area (Å²) in [5, 5.41) is 8.84. The molecule has 0 unspecified atom stereocenters. The predicted octanol–water partition coefficient (Wildman–Crippen LogP) is 2.88. The minimum absolute atomic E-state index is 0.165. The number of carbonyl (C=O) groups is 1. The number of nitrogens with two attached hydrogens (primary N) is 1. The highest BCUT2D eigenvalue weighted by molar-refractivity contribution is 5.90. The molecule has 4 nitrogen and oxygen atoms in total. The van der Waals surface area contributed by atoms with Crippen molar-refractivity contribution < 1.29 is 18.7 Å². The number of nitrogens with zero attached hydrogens (tertiary/aromatic N) is 1. The molecule has 0 fully saturated rings. The molecule has 110 valence electrons. The fraction of sp³-hybridized carbons (Fsp3) is 0.133. The van der Waals surface area contributed by atoms with Crippen molar-refractivity contribution in [3.8, 4) is 0 Å². The second kappa shape index (κ2) is 5.78. The number of anilines is 2. The van der Waals surface area contributed by atoms with E-state index >= 15 is 0 Å². The summed E-state index contributed by atoms with van der Waals surface area (Å²) in [6, 6.07) is 8.08. The maximum atomic E-state index is 13.7. The van der Waals surface area contributed by atoms with Crippen LogP contribution in [-0.4, -0.2) is 18.1 Å². The molecule has 2 aromatic rings. The number of hydrogen-bond acceptors (Lipinski definition) is 3. The zero-order valence-corrected chi connectivity index (χ0v) is 11.3. The van der Waals surface area contributed by atoms with Crippen LogP contribution in [0.5, 0.6) is 0 Å². The van der Waals surface area contributed by atoms with Gasteiger partial charge in [0.05, 0.1) is 16.9 Å². The number of carboxylic acids is 1. The van der Waals surface area contributed by atoms with Crippen LogP contribution >= 0.6 is 0 Å². The maximum absolute atomic E-state index is 13.7. The summed E-state index contributed by atoms with van der Waals surface area (Å²) in [4.78, 5) is 12.5. The highest BCUT2D eigenvalue weighted by atomic mass is 19.1.